The first-order chi connectivity index (χ1) is 8.16. The summed E-state index contributed by atoms with van der Waals surface area (Å²) in [5, 5.41) is 3.64. The lowest BCUT2D eigenvalue weighted by Gasteiger charge is -2.24. The summed E-state index contributed by atoms with van der Waals surface area (Å²) < 4.78 is 0. The number of rotatable bonds is 7. The predicted molar refractivity (Wildman–Crippen MR) is 76.6 cm³/mol. The Bertz CT molecular complexity index is 330. The molecule has 1 nitrogen and oxygen atoms in total. The fourth-order valence-electron chi connectivity index (χ4n) is 1.76. The van der Waals surface area contributed by atoms with Crippen LogP contribution in [0.1, 0.15) is 33.1 Å². The topological polar surface area (TPSA) is 12.0 Å². The highest BCUT2D eigenvalue weighted by Gasteiger charge is 2.24. The van der Waals surface area contributed by atoms with Gasteiger partial charge in [0, 0.05) is 17.5 Å². The smallest absolute Gasteiger partial charge is 0.00719 e. The molecule has 94 valence electrons. The van der Waals surface area contributed by atoms with Crippen molar-refractivity contribution in [2.24, 2.45) is 5.41 Å². The normalized spacial score (nSPS) is 16.1. The average molecular weight is 249 g/mol. The van der Waals surface area contributed by atoms with Crippen molar-refractivity contribution in [1.29, 1.82) is 0 Å². The van der Waals surface area contributed by atoms with Gasteiger partial charge in [0.2, 0.25) is 0 Å². The number of hydrogen-bond donors (Lipinski definition) is 1. The molecule has 2 heteroatoms. The minimum Gasteiger partial charge on any atom is -0.313 e. The Hall–Kier alpha value is -0.470. The highest BCUT2D eigenvalue weighted by atomic mass is 32.2. The maximum atomic E-state index is 3.64. The van der Waals surface area contributed by atoms with Gasteiger partial charge in [0.05, 0.1) is 0 Å². The summed E-state index contributed by atoms with van der Waals surface area (Å²) in [7, 11) is 0. The minimum atomic E-state index is 0.421. The minimum absolute atomic E-state index is 0.421. The summed E-state index contributed by atoms with van der Waals surface area (Å²) in [4.78, 5) is 1.39. The third kappa shape index (κ3) is 5.13. The predicted octanol–water partition coefficient (Wildman–Crippen LogP) is 3.95. The number of hydrogen-bond acceptors (Lipinski definition) is 2. The summed E-state index contributed by atoms with van der Waals surface area (Å²) in [6, 6.07) is 11.5. The molecular formula is C15H23NS. The van der Waals surface area contributed by atoms with Gasteiger partial charge in [-0.3, -0.25) is 0 Å². The largest absolute Gasteiger partial charge is 0.313 e. The standard InChI is InChI=1S/C15H23NS/c1-15(2,12-16-13-8-9-13)10-11-17-14-6-4-3-5-7-14/h3-7,13,16H,8-12H2,1-2H3. The van der Waals surface area contributed by atoms with Gasteiger partial charge in [-0.1, -0.05) is 32.0 Å². The zero-order valence-electron chi connectivity index (χ0n) is 10.9. The highest BCUT2D eigenvalue weighted by Crippen LogP contribution is 2.27. The Balaban J connectivity index is 1.65. The molecule has 0 atom stereocenters. The summed E-state index contributed by atoms with van der Waals surface area (Å²) in [6.45, 7) is 5.90. The molecule has 1 aliphatic carbocycles. The van der Waals surface area contributed by atoms with Gasteiger partial charge in [0.1, 0.15) is 0 Å². The SMILES string of the molecule is CC(C)(CCSc1ccccc1)CNC1CC1. The maximum Gasteiger partial charge on any atom is 0.00719 e. The zero-order chi connectivity index (χ0) is 12.1. The molecule has 1 saturated carbocycles. The van der Waals surface area contributed by atoms with E-state index in [9.17, 15) is 0 Å². The van der Waals surface area contributed by atoms with Crippen LogP contribution in [0.3, 0.4) is 0 Å². The summed E-state index contributed by atoms with van der Waals surface area (Å²) >= 11 is 1.97. The Kier molecular flexibility index (Phi) is 4.52. The van der Waals surface area contributed by atoms with E-state index in [1.807, 2.05) is 11.8 Å². The van der Waals surface area contributed by atoms with E-state index >= 15 is 0 Å². The van der Waals surface area contributed by atoms with E-state index in [1.54, 1.807) is 0 Å². The molecule has 1 aromatic rings. The number of benzene rings is 1. The summed E-state index contributed by atoms with van der Waals surface area (Å²) in [6.07, 6.45) is 4.04. The van der Waals surface area contributed by atoms with E-state index in [-0.39, 0.29) is 0 Å². The number of nitrogens with one attached hydrogen (secondary N) is 1. The van der Waals surface area contributed by atoms with Gasteiger partial charge in [-0.05, 0) is 42.6 Å². The fourth-order valence-corrected chi connectivity index (χ4v) is 3.00. The van der Waals surface area contributed by atoms with E-state index in [2.05, 4.69) is 49.5 Å². The van der Waals surface area contributed by atoms with Crippen LogP contribution in [0.5, 0.6) is 0 Å². The van der Waals surface area contributed by atoms with Gasteiger partial charge < -0.3 is 5.32 Å². The molecule has 1 aliphatic rings. The van der Waals surface area contributed by atoms with Crippen LogP contribution in [0.2, 0.25) is 0 Å². The van der Waals surface area contributed by atoms with Crippen LogP contribution >= 0.6 is 11.8 Å². The Labute approximate surface area is 109 Å². The van der Waals surface area contributed by atoms with Crippen LogP contribution in [0.15, 0.2) is 35.2 Å². The fraction of sp³-hybridized carbons (Fsp3) is 0.600. The van der Waals surface area contributed by atoms with Crippen molar-refractivity contribution >= 4 is 11.8 Å². The van der Waals surface area contributed by atoms with Crippen molar-refractivity contribution in [3.63, 3.8) is 0 Å². The van der Waals surface area contributed by atoms with Crippen LogP contribution in [0, 0.1) is 5.41 Å². The lowest BCUT2D eigenvalue weighted by Crippen LogP contribution is -2.31. The molecule has 17 heavy (non-hydrogen) atoms. The maximum absolute atomic E-state index is 3.64. The van der Waals surface area contributed by atoms with Crippen LogP contribution in [0.25, 0.3) is 0 Å². The monoisotopic (exact) mass is 249 g/mol. The average Bonchev–Trinajstić information content (AvgIpc) is 3.12. The van der Waals surface area contributed by atoms with Gasteiger partial charge >= 0.3 is 0 Å². The molecular weight excluding hydrogens is 226 g/mol. The van der Waals surface area contributed by atoms with Crippen LogP contribution < -0.4 is 5.32 Å². The highest BCUT2D eigenvalue weighted by molar-refractivity contribution is 7.99. The second-order valence-corrected chi connectivity index (χ2v) is 6.90. The third-order valence-electron chi connectivity index (χ3n) is 3.24. The van der Waals surface area contributed by atoms with E-state index in [4.69, 9.17) is 0 Å². The summed E-state index contributed by atoms with van der Waals surface area (Å²) in [5.74, 6) is 1.21. The van der Waals surface area contributed by atoms with Gasteiger partial charge in [0.15, 0.2) is 0 Å². The molecule has 0 saturated heterocycles. The molecule has 1 N–H and O–H groups in total. The van der Waals surface area contributed by atoms with Gasteiger partial charge in [-0.25, -0.2) is 0 Å². The van der Waals surface area contributed by atoms with Crippen molar-refractivity contribution in [2.75, 3.05) is 12.3 Å². The van der Waals surface area contributed by atoms with E-state index < -0.39 is 0 Å². The number of thioether (sulfide) groups is 1. The van der Waals surface area contributed by atoms with E-state index in [0.29, 0.717) is 5.41 Å². The van der Waals surface area contributed by atoms with Crippen molar-refractivity contribution < 1.29 is 0 Å². The van der Waals surface area contributed by atoms with Gasteiger partial charge in [-0.15, -0.1) is 11.8 Å². The second kappa shape index (κ2) is 5.92. The van der Waals surface area contributed by atoms with E-state index in [0.717, 1.165) is 12.6 Å². The first-order valence-electron chi connectivity index (χ1n) is 6.57. The van der Waals surface area contributed by atoms with Gasteiger partial charge in [0.25, 0.3) is 0 Å². The molecule has 1 fully saturated rings. The molecule has 0 heterocycles. The first-order valence-corrected chi connectivity index (χ1v) is 7.55. The Morgan fingerprint density at radius 1 is 1.24 bits per heavy atom. The quantitative estimate of drug-likeness (QED) is 0.734. The molecule has 2 rings (SSSR count). The molecule has 0 spiro atoms. The van der Waals surface area contributed by atoms with E-state index in [1.165, 1.54) is 29.9 Å². The van der Waals surface area contributed by atoms with Crippen LogP contribution in [-0.4, -0.2) is 18.3 Å². The second-order valence-electron chi connectivity index (χ2n) is 5.73. The van der Waals surface area contributed by atoms with Crippen molar-refractivity contribution in [3.05, 3.63) is 30.3 Å². The Morgan fingerprint density at radius 2 is 1.94 bits per heavy atom. The molecule has 0 bridgehead atoms. The molecule has 0 aromatic heterocycles. The van der Waals surface area contributed by atoms with Crippen LogP contribution in [0.4, 0.5) is 0 Å². The van der Waals surface area contributed by atoms with Crippen molar-refractivity contribution in [3.8, 4) is 0 Å². The summed E-state index contributed by atoms with van der Waals surface area (Å²) in [5.41, 5.74) is 0.421. The van der Waals surface area contributed by atoms with Crippen LogP contribution in [-0.2, 0) is 0 Å². The lowest BCUT2D eigenvalue weighted by atomic mass is 9.90. The molecule has 1 aromatic carbocycles. The molecule has 0 radical (unpaired) electrons. The van der Waals surface area contributed by atoms with Crippen molar-refractivity contribution in [1.82, 2.24) is 5.32 Å². The third-order valence-corrected chi connectivity index (χ3v) is 4.25. The van der Waals surface area contributed by atoms with Gasteiger partial charge in [-0.2, -0.15) is 0 Å². The molecule has 0 amide bonds. The first kappa shape index (κ1) is 13.0. The Morgan fingerprint density at radius 3 is 2.59 bits per heavy atom. The molecule has 0 unspecified atom stereocenters. The lowest BCUT2D eigenvalue weighted by molar-refractivity contribution is 0.330. The van der Waals surface area contributed by atoms with Crippen molar-refractivity contribution in [2.45, 2.75) is 44.0 Å². The zero-order valence-corrected chi connectivity index (χ0v) is 11.7. The molecule has 0 aliphatic heterocycles.